The molecule has 3 rings (SSSR count). The van der Waals surface area contributed by atoms with Crippen LogP contribution in [0.5, 0.6) is 0 Å². The standard InChI is InChI=1S/C13H22N4/c1-2-4-11(3-1)13-15-12(16-17-13)9-10-5-7-14-8-6-10/h10-11,14H,1-9H2,(H,15,16,17). The Hall–Kier alpha value is -0.900. The molecule has 0 amide bonds. The Morgan fingerprint density at radius 2 is 1.82 bits per heavy atom. The van der Waals surface area contributed by atoms with Gasteiger partial charge in [0, 0.05) is 12.3 Å². The molecular weight excluding hydrogens is 212 g/mol. The first kappa shape index (κ1) is 11.2. The predicted octanol–water partition coefficient (Wildman–Crippen LogP) is 2.00. The van der Waals surface area contributed by atoms with E-state index in [0.29, 0.717) is 5.92 Å². The van der Waals surface area contributed by atoms with Gasteiger partial charge in [0.15, 0.2) is 5.82 Å². The van der Waals surface area contributed by atoms with Gasteiger partial charge < -0.3 is 5.32 Å². The van der Waals surface area contributed by atoms with Gasteiger partial charge in [0.1, 0.15) is 5.82 Å². The van der Waals surface area contributed by atoms with Crippen molar-refractivity contribution in [2.24, 2.45) is 5.92 Å². The highest BCUT2D eigenvalue weighted by Gasteiger charge is 2.22. The summed E-state index contributed by atoms with van der Waals surface area (Å²) in [7, 11) is 0. The van der Waals surface area contributed by atoms with Gasteiger partial charge in [-0.25, -0.2) is 4.98 Å². The Kier molecular flexibility index (Phi) is 3.41. The summed E-state index contributed by atoms with van der Waals surface area (Å²) in [5, 5.41) is 11.0. The summed E-state index contributed by atoms with van der Waals surface area (Å²) < 4.78 is 0. The van der Waals surface area contributed by atoms with Crippen molar-refractivity contribution in [3.63, 3.8) is 0 Å². The van der Waals surface area contributed by atoms with Crippen molar-refractivity contribution in [3.05, 3.63) is 11.6 Å². The van der Waals surface area contributed by atoms with Crippen molar-refractivity contribution in [2.45, 2.75) is 50.9 Å². The second-order valence-electron chi connectivity index (χ2n) is 5.52. The maximum Gasteiger partial charge on any atom is 0.153 e. The molecule has 1 aromatic rings. The lowest BCUT2D eigenvalue weighted by atomic mass is 9.94. The lowest BCUT2D eigenvalue weighted by Gasteiger charge is -2.21. The lowest BCUT2D eigenvalue weighted by molar-refractivity contribution is 0.367. The van der Waals surface area contributed by atoms with Gasteiger partial charge in [0.05, 0.1) is 0 Å². The molecule has 1 saturated carbocycles. The molecule has 17 heavy (non-hydrogen) atoms. The van der Waals surface area contributed by atoms with Crippen LogP contribution in [-0.4, -0.2) is 28.3 Å². The number of nitrogens with zero attached hydrogens (tertiary/aromatic N) is 2. The topological polar surface area (TPSA) is 53.6 Å². The van der Waals surface area contributed by atoms with E-state index < -0.39 is 0 Å². The molecule has 0 unspecified atom stereocenters. The number of nitrogens with one attached hydrogen (secondary N) is 2. The molecule has 0 bridgehead atoms. The van der Waals surface area contributed by atoms with E-state index in [1.54, 1.807) is 0 Å². The van der Waals surface area contributed by atoms with Crippen LogP contribution in [0.3, 0.4) is 0 Å². The summed E-state index contributed by atoms with van der Waals surface area (Å²) in [5.74, 6) is 3.61. The summed E-state index contributed by atoms with van der Waals surface area (Å²) >= 11 is 0. The molecule has 2 fully saturated rings. The van der Waals surface area contributed by atoms with Crippen LogP contribution in [-0.2, 0) is 6.42 Å². The first-order chi connectivity index (χ1) is 8.42. The van der Waals surface area contributed by atoms with E-state index in [2.05, 4.69) is 15.5 Å². The second kappa shape index (κ2) is 5.17. The van der Waals surface area contributed by atoms with Crippen molar-refractivity contribution < 1.29 is 0 Å². The highest BCUT2D eigenvalue weighted by Crippen LogP contribution is 2.32. The van der Waals surface area contributed by atoms with Crippen LogP contribution in [0, 0.1) is 5.92 Å². The molecule has 1 aliphatic heterocycles. The van der Waals surface area contributed by atoms with Crippen LogP contribution < -0.4 is 5.32 Å². The Morgan fingerprint density at radius 1 is 1.06 bits per heavy atom. The first-order valence-corrected chi connectivity index (χ1v) is 7.04. The van der Waals surface area contributed by atoms with E-state index in [0.717, 1.165) is 37.1 Å². The molecule has 0 atom stereocenters. The number of rotatable bonds is 3. The van der Waals surface area contributed by atoms with Gasteiger partial charge in [-0.3, -0.25) is 5.10 Å². The minimum atomic E-state index is 0.632. The van der Waals surface area contributed by atoms with E-state index in [4.69, 9.17) is 4.98 Å². The van der Waals surface area contributed by atoms with Gasteiger partial charge in [0.2, 0.25) is 0 Å². The van der Waals surface area contributed by atoms with Crippen LogP contribution in [0.4, 0.5) is 0 Å². The number of hydrogen-bond acceptors (Lipinski definition) is 3. The average Bonchev–Trinajstić information content (AvgIpc) is 3.00. The number of aromatic amines is 1. The Balaban J connectivity index is 1.59. The maximum atomic E-state index is 4.70. The molecule has 0 spiro atoms. The van der Waals surface area contributed by atoms with E-state index >= 15 is 0 Å². The largest absolute Gasteiger partial charge is 0.317 e. The number of aromatic nitrogens is 3. The normalized spacial score (nSPS) is 23.3. The van der Waals surface area contributed by atoms with E-state index in [9.17, 15) is 0 Å². The number of hydrogen-bond donors (Lipinski definition) is 2. The summed E-state index contributed by atoms with van der Waals surface area (Å²) in [6.07, 6.45) is 8.90. The lowest BCUT2D eigenvalue weighted by Crippen LogP contribution is -2.28. The van der Waals surface area contributed by atoms with Gasteiger partial charge in [-0.05, 0) is 44.7 Å². The molecule has 0 aromatic carbocycles. The van der Waals surface area contributed by atoms with Crippen molar-refractivity contribution in [1.82, 2.24) is 20.5 Å². The Bertz CT molecular complexity index is 348. The summed E-state index contributed by atoms with van der Waals surface area (Å²) in [5.41, 5.74) is 0. The Morgan fingerprint density at radius 3 is 2.59 bits per heavy atom. The third-order valence-corrected chi connectivity index (χ3v) is 4.21. The summed E-state index contributed by atoms with van der Waals surface area (Å²) in [6.45, 7) is 2.32. The van der Waals surface area contributed by atoms with E-state index in [-0.39, 0.29) is 0 Å². The zero-order chi connectivity index (χ0) is 11.5. The SMILES string of the molecule is C1CCC(c2n[nH]c(CC3CCNCC3)n2)C1. The van der Waals surface area contributed by atoms with Gasteiger partial charge in [-0.2, -0.15) is 5.10 Å². The van der Waals surface area contributed by atoms with Crippen LogP contribution in [0.25, 0.3) is 0 Å². The third kappa shape index (κ3) is 2.68. The molecule has 2 N–H and O–H groups in total. The van der Waals surface area contributed by atoms with Crippen molar-refractivity contribution in [1.29, 1.82) is 0 Å². The van der Waals surface area contributed by atoms with Crippen LogP contribution in [0.15, 0.2) is 0 Å². The molecule has 94 valence electrons. The van der Waals surface area contributed by atoms with Crippen molar-refractivity contribution >= 4 is 0 Å². The fourth-order valence-electron chi connectivity index (χ4n) is 3.13. The quantitative estimate of drug-likeness (QED) is 0.841. The minimum absolute atomic E-state index is 0.632. The van der Waals surface area contributed by atoms with Crippen molar-refractivity contribution in [3.8, 4) is 0 Å². The Labute approximate surface area is 103 Å². The van der Waals surface area contributed by atoms with E-state index in [1.807, 2.05) is 0 Å². The first-order valence-electron chi connectivity index (χ1n) is 7.04. The molecule has 4 nitrogen and oxygen atoms in total. The van der Waals surface area contributed by atoms with Crippen LogP contribution >= 0.6 is 0 Å². The monoisotopic (exact) mass is 234 g/mol. The maximum absolute atomic E-state index is 4.70. The highest BCUT2D eigenvalue weighted by atomic mass is 15.2. The van der Waals surface area contributed by atoms with Gasteiger partial charge in [0.25, 0.3) is 0 Å². The van der Waals surface area contributed by atoms with E-state index in [1.165, 1.54) is 38.5 Å². The van der Waals surface area contributed by atoms with Gasteiger partial charge >= 0.3 is 0 Å². The molecule has 4 heteroatoms. The van der Waals surface area contributed by atoms with Gasteiger partial charge in [-0.15, -0.1) is 0 Å². The third-order valence-electron chi connectivity index (χ3n) is 4.21. The fourth-order valence-corrected chi connectivity index (χ4v) is 3.13. The molecule has 1 aromatic heterocycles. The predicted molar refractivity (Wildman–Crippen MR) is 66.9 cm³/mol. The zero-order valence-electron chi connectivity index (χ0n) is 10.4. The number of H-pyrrole nitrogens is 1. The smallest absolute Gasteiger partial charge is 0.153 e. The molecule has 1 aliphatic carbocycles. The van der Waals surface area contributed by atoms with Crippen molar-refractivity contribution in [2.75, 3.05) is 13.1 Å². The fraction of sp³-hybridized carbons (Fsp3) is 0.846. The van der Waals surface area contributed by atoms with Crippen LogP contribution in [0.1, 0.15) is 56.1 Å². The summed E-state index contributed by atoms with van der Waals surface area (Å²) in [6, 6.07) is 0. The molecule has 1 saturated heterocycles. The minimum Gasteiger partial charge on any atom is -0.317 e. The van der Waals surface area contributed by atoms with Gasteiger partial charge in [-0.1, -0.05) is 12.8 Å². The zero-order valence-corrected chi connectivity index (χ0v) is 10.4. The molecule has 2 heterocycles. The molecule has 2 aliphatic rings. The second-order valence-corrected chi connectivity index (χ2v) is 5.52. The van der Waals surface area contributed by atoms with Crippen LogP contribution in [0.2, 0.25) is 0 Å². The highest BCUT2D eigenvalue weighted by molar-refractivity contribution is 5.00. The molecule has 0 radical (unpaired) electrons. The summed E-state index contributed by atoms with van der Waals surface area (Å²) in [4.78, 5) is 4.70. The number of piperidine rings is 1. The average molecular weight is 234 g/mol. The molecular formula is C13H22N4.